The van der Waals surface area contributed by atoms with Gasteiger partial charge >= 0.3 is 0 Å². The Labute approximate surface area is 135 Å². The summed E-state index contributed by atoms with van der Waals surface area (Å²) >= 11 is 0. The largest absolute Gasteiger partial charge is 0.466 e. The number of hydrogen-bond acceptors (Lipinski definition) is 2. The summed E-state index contributed by atoms with van der Waals surface area (Å²) in [6.07, 6.45) is 3.85. The molecule has 0 fully saturated rings. The fourth-order valence-electron chi connectivity index (χ4n) is 3.04. The molecule has 2 N–H and O–H groups in total. The SMILES string of the molecule is CCc1cccc2c(CCNC(=O)c3cc(C)oc3C)c[nH]c12. The van der Waals surface area contributed by atoms with Gasteiger partial charge in [0.15, 0.2) is 0 Å². The van der Waals surface area contributed by atoms with E-state index in [1.165, 1.54) is 22.0 Å². The smallest absolute Gasteiger partial charge is 0.254 e. The second kappa shape index (κ2) is 6.32. The summed E-state index contributed by atoms with van der Waals surface area (Å²) in [6, 6.07) is 8.15. The van der Waals surface area contributed by atoms with Gasteiger partial charge in [-0.1, -0.05) is 25.1 Å². The van der Waals surface area contributed by atoms with E-state index in [1.807, 2.05) is 20.0 Å². The molecule has 0 atom stereocenters. The molecule has 4 nitrogen and oxygen atoms in total. The van der Waals surface area contributed by atoms with Crippen LogP contribution in [0.2, 0.25) is 0 Å². The van der Waals surface area contributed by atoms with E-state index in [-0.39, 0.29) is 5.91 Å². The first-order chi connectivity index (χ1) is 11.1. The highest BCUT2D eigenvalue weighted by Crippen LogP contribution is 2.22. The summed E-state index contributed by atoms with van der Waals surface area (Å²) in [5.74, 6) is 1.35. The Bertz CT molecular complexity index is 842. The van der Waals surface area contributed by atoms with E-state index in [1.54, 1.807) is 6.07 Å². The van der Waals surface area contributed by atoms with Crippen LogP contribution in [0.5, 0.6) is 0 Å². The van der Waals surface area contributed by atoms with Crippen molar-refractivity contribution in [2.45, 2.75) is 33.6 Å². The summed E-state index contributed by atoms with van der Waals surface area (Å²) in [6.45, 7) is 6.42. The zero-order valence-corrected chi connectivity index (χ0v) is 13.8. The minimum Gasteiger partial charge on any atom is -0.466 e. The van der Waals surface area contributed by atoms with E-state index in [4.69, 9.17) is 4.42 Å². The molecule has 120 valence electrons. The number of aryl methyl sites for hydroxylation is 3. The molecule has 0 aliphatic rings. The average molecular weight is 310 g/mol. The van der Waals surface area contributed by atoms with Crippen molar-refractivity contribution in [1.29, 1.82) is 0 Å². The zero-order chi connectivity index (χ0) is 16.4. The second-order valence-corrected chi connectivity index (χ2v) is 5.84. The van der Waals surface area contributed by atoms with Crippen LogP contribution in [0.25, 0.3) is 10.9 Å². The summed E-state index contributed by atoms with van der Waals surface area (Å²) in [5, 5.41) is 4.22. The summed E-state index contributed by atoms with van der Waals surface area (Å²) in [7, 11) is 0. The number of fused-ring (bicyclic) bond motifs is 1. The Hall–Kier alpha value is -2.49. The summed E-state index contributed by atoms with van der Waals surface area (Å²) < 4.78 is 5.41. The van der Waals surface area contributed by atoms with Crippen molar-refractivity contribution < 1.29 is 9.21 Å². The highest BCUT2D eigenvalue weighted by molar-refractivity contribution is 5.95. The Kier molecular flexibility index (Phi) is 4.24. The van der Waals surface area contributed by atoms with Crippen LogP contribution in [0.3, 0.4) is 0 Å². The minimum atomic E-state index is -0.0755. The lowest BCUT2D eigenvalue weighted by Crippen LogP contribution is -2.25. The molecule has 0 saturated carbocycles. The second-order valence-electron chi connectivity index (χ2n) is 5.84. The molecule has 2 heterocycles. The van der Waals surface area contributed by atoms with Gasteiger partial charge in [0.25, 0.3) is 5.91 Å². The number of aromatic nitrogens is 1. The number of aromatic amines is 1. The third-order valence-electron chi connectivity index (χ3n) is 4.23. The molecule has 0 saturated heterocycles. The van der Waals surface area contributed by atoms with Crippen LogP contribution in [0.15, 0.2) is 34.9 Å². The lowest BCUT2D eigenvalue weighted by Gasteiger charge is -2.04. The first-order valence-corrected chi connectivity index (χ1v) is 8.03. The molecule has 3 rings (SSSR count). The van der Waals surface area contributed by atoms with Gasteiger partial charge < -0.3 is 14.7 Å². The molecule has 2 aromatic heterocycles. The predicted molar refractivity (Wildman–Crippen MR) is 91.9 cm³/mol. The molecule has 1 amide bonds. The number of hydrogen-bond donors (Lipinski definition) is 2. The van der Waals surface area contributed by atoms with E-state index in [9.17, 15) is 4.79 Å². The van der Waals surface area contributed by atoms with Gasteiger partial charge in [-0.05, 0) is 43.9 Å². The van der Waals surface area contributed by atoms with Crippen molar-refractivity contribution in [3.05, 3.63) is 58.7 Å². The van der Waals surface area contributed by atoms with Gasteiger partial charge in [0.1, 0.15) is 11.5 Å². The van der Waals surface area contributed by atoms with Crippen molar-refractivity contribution in [3.63, 3.8) is 0 Å². The predicted octanol–water partition coefficient (Wildman–Crippen LogP) is 3.91. The molecule has 1 aromatic carbocycles. The average Bonchev–Trinajstić information content (AvgIpc) is 3.10. The van der Waals surface area contributed by atoms with Crippen molar-refractivity contribution in [1.82, 2.24) is 10.3 Å². The molecule has 0 bridgehead atoms. The molecular weight excluding hydrogens is 288 g/mol. The Balaban J connectivity index is 1.67. The number of carbonyl (C=O) groups excluding carboxylic acids is 1. The van der Waals surface area contributed by atoms with Crippen molar-refractivity contribution in [2.24, 2.45) is 0 Å². The van der Waals surface area contributed by atoms with Crippen LogP contribution < -0.4 is 5.32 Å². The first-order valence-electron chi connectivity index (χ1n) is 8.03. The highest BCUT2D eigenvalue weighted by Gasteiger charge is 2.13. The number of benzene rings is 1. The van der Waals surface area contributed by atoms with Crippen LogP contribution in [-0.2, 0) is 12.8 Å². The number of furan rings is 1. The van der Waals surface area contributed by atoms with Crippen molar-refractivity contribution in [2.75, 3.05) is 6.54 Å². The Morgan fingerprint density at radius 1 is 1.26 bits per heavy atom. The van der Waals surface area contributed by atoms with Crippen molar-refractivity contribution in [3.8, 4) is 0 Å². The molecule has 0 aliphatic carbocycles. The van der Waals surface area contributed by atoms with Crippen LogP contribution in [0, 0.1) is 13.8 Å². The maximum Gasteiger partial charge on any atom is 0.254 e. The fraction of sp³-hybridized carbons (Fsp3) is 0.316. The van der Waals surface area contributed by atoms with Crippen LogP contribution >= 0.6 is 0 Å². The van der Waals surface area contributed by atoms with Gasteiger partial charge in [-0.3, -0.25) is 4.79 Å². The molecule has 3 aromatic rings. The van der Waals surface area contributed by atoms with E-state index < -0.39 is 0 Å². The number of carbonyl (C=O) groups is 1. The lowest BCUT2D eigenvalue weighted by molar-refractivity contribution is 0.0952. The first kappa shape index (κ1) is 15.4. The van der Waals surface area contributed by atoms with Gasteiger partial charge in [0.2, 0.25) is 0 Å². The molecule has 0 unspecified atom stereocenters. The maximum absolute atomic E-state index is 12.2. The van der Waals surface area contributed by atoms with Gasteiger partial charge in [-0.15, -0.1) is 0 Å². The van der Waals surface area contributed by atoms with E-state index in [0.717, 1.165) is 18.6 Å². The maximum atomic E-state index is 12.2. The topological polar surface area (TPSA) is 58.0 Å². The Morgan fingerprint density at radius 2 is 2.09 bits per heavy atom. The molecule has 0 aliphatic heterocycles. The Morgan fingerprint density at radius 3 is 2.78 bits per heavy atom. The van der Waals surface area contributed by atoms with E-state index >= 15 is 0 Å². The highest BCUT2D eigenvalue weighted by atomic mass is 16.3. The summed E-state index contributed by atoms with van der Waals surface area (Å²) in [4.78, 5) is 15.6. The number of amides is 1. The standard InChI is InChI=1S/C19H22N2O2/c1-4-14-6-5-7-16-15(11-21-18(14)16)8-9-20-19(22)17-10-12(2)23-13(17)3/h5-7,10-11,21H,4,8-9H2,1-3H3,(H,20,22). The van der Waals surface area contributed by atoms with Gasteiger partial charge in [-0.2, -0.15) is 0 Å². The number of nitrogens with one attached hydrogen (secondary N) is 2. The molecular formula is C19H22N2O2. The summed E-state index contributed by atoms with van der Waals surface area (Å²) in [5.41, 5.74) is 4.38. The monoisotopic (exact) mass is 310 g/mol. The van der Waals surface area contributed by atoms with Crippen molar-refractivity contribution >= 4 is 16.8 Å². The quantitative estimate of drug-likeness (QED) is 0.750. The van der Waals surface area contributed by atoms with Crippen LogP contribution in [0.4, 0.5) is 0 Å². The van der Waals surface area contributed by atoms with Gasteiger partial charge in [0, 0.05) is 23.6 Å². The van der Waals surface area contributed by atoms with Gasteiger partial charge in [0.05, 0.1) is 5.56 Å². The molecule has 0 spiro atoms. The fourth-order valence-corrected chi connectivity index (χ4v) is 3.04. The normalized spacial score (nSPS) is 11.1. The molecule has 0 radical (unpaired) electrons. The number of para-hydroxylation sites is 1. The number of H-pyrrole nitrogens is 1. The third-order valence-corrected chi connectivity index (χ3v) is 4.23. The molecule has 4 heteroatoms. The third kappa shape index (κ3) is 3.02. The molecule has 23 heavy (non-hydrogen) atoms. The van der Waals surface area contributed by atoms with E-state index in [2.05, 4.69) is 35.4 Å². The van der Waals surface area contributed by atoms with Crippen LogP contribution in [-0.4, -0.2) is 17.4 Å². The van der Waals surface area contributed by atoms with Crippen LogP contribution in [0.1, 0.15) is 39.9 Å². The zero-order valence-electron chi connectivity index (χ0n) is 13.8. The van der Waals surface area contributed by atoms with Gasteiger partial charge in [-0.25, -0.2) is 0 Å². The number of rotatable bonds is 5. The minimum absolute atomic E-state index is 0.0755. The van der Waals surface area contributed by atoms with E-state index in [0.29, 0.717) is 17.9 Å². The lowest BCUT2D eigenvalue weighted by atomic mass is 10.1.